The van der Waals surface area contributed by atoms with Crippen molar-refractivity contribution in [3.05, 3.63) is 29.8 Å². The topological polar surface area (TPSA) is 66.5 Å². The molecule has 0 spiro atoms. The molecular weight excluding hydrogens is 348 g/mol. The van der Waals surface area contributed by atoms with E-state index in [0.717, 1.165) is 18.4 Å². The summed E-state index contributed by atoms with van der Waals surface area (Å²) in [5, 5.41) is 2.78. The van der Waals surface area contributed by atoms with Crippen LogP contribution < -0.4 is 5.32 Å². The number of halogens is 1. The summed E-state index contributed by atoms with van der Waals surface area (Å²) < 4.78 is 26.6. The largest absolute Gasteiger partial charge is 0.350 e. The predicted molar refractivity (Wildman–Crippen MR) is 97.8 cm³/mol. The number of amides is 1. The van der Waals surface area contributed by atoms with E-state index >= 15 is 0 Å². The minimum absolute atomic E-state index is 0.190. The van der Waals surface area contributed by atoms with E-state index in [2.05, 4.69) is 5.32 Å². The van der Waals surface area contributed by atoms with E-state index in [9.17, 15) is 13.2 Å². The Morgan fingerprint density at radius 1 is 1.21 bits per heavy atom. The molecule has 1 aromatic carbocycles. The highest BCUT2D eigenvalue weighted by Crippen LogP contribution is 2.17. The lowest BCUT2D eigenvalue weighted by Gasteiger charge is -2.24. The fourth-order valence-corrected chi connectivity index (χ4v) is 3.77. The Morgan fingerprint density at radius 2 is 1.79 bits per heavy atom. The van der Waals surface area contributed by atoms with Gasteiger partial charge in [0.05, 0.1) is 11.4 Å². The maximum absolute atomic E-state index is 12.7. The highest BCUT2D eigenvalue weighted by atomic mass is 35.5. The summed E-state index contributed by atoms with van der Waals surface area (Å²) in [6.45, 7) is 7.33. The van der Waals surface area contributed by atoms with E-state index in [4.69, 9.17) is 11.6 Å². The standard InChI is InChI=1S/C17H27ClN2O3S/c1-5-20(13-16(21)19-17(2,3)4)24(22,23)15-10-8-14(9-11-15)7-6-12-18/h8-11H,5-7,12-13H2,1-4H3,(H,19,21). The van der Waals surface area contributed by atoms with Gasteiger partial charge in [-0.05, 0) is 51.3 Å². The van der Waals surface area contributed by atoms with Crippen LogP contribution in [-0.2, 0) is 21.2 Å². The van der Waals surface area contributed by atoms with Gasteiger partial charge < -0.3 is 5.32 Å². The smallest absolute Gasteiger partial charge is 0.243 e. The molecule has 0 radical (unpaired) electrons. The number of nitrogens with one attached hydrogen (secondary N) is 1. The van der Waals surface area contributed by atoms with Crippen LogP contribution in [0.3, 0.4) is 0 Å². The van der Waals surface area contributed by atoms with Crippen molar-refractivity contribution in [3.8, 4) is 0 Å². The number of carbonyl (C=O) groups is 1. The molecule has 0 aromatic heterocycles. The first-order chi connectivity index (χ1) is 11.1. The van der Waals surface area contributed by atoms with Crippen LogP contribution in [0.1, 0.15) is 39.7 Å². The lowest BCUT2D eigenvalue weighted by molar-refractivity contribution is -0.122. The monoisotopic (exact) mass is 374 g/mol. The maximum atomic E-state index is 12.7. The molecule has 1 N–H and O–H groups in total. The van der Waals surface area contributed by atoms with Crippen LogP contribution >= 0.6 is 11.6 Å². The molecule has 0 atom stereocenters. The third-order valence-electron chi connectivity index (χ3n) is 3.35. The summed E-state index contributed by atoms with van der Waals surface area (Å²) in [5.74, 6) is 0.263. The van der Waals surface area contributed by atoms with Crippen LogP contribution in [0, 0.1) is 0 Å². The normalized spacial score (nSPS) is 12.4. The lowest BCUT2D eigenvalue weighted by atomic mass is 10.1. The third-order valence-corrected chi connectivity index (χ3v) is 5.55. The van der Waals surface area contributed by atoms with Gasteiger partial charge in [0.25, 0.3) is 0 Å². The molecule has 0 aliphatic rings. The van der Waals surface area contributed by atoms with Gasteiger partial charge in [0, 0.05) is 18.0 Å². The zero-order valence-electron chi connectivity index (χ0n) is 14.8. The number of nitrogens with zero attached hydrogens (tertiary/aromatic N) is 1. The summed E-state index contributed by atoms with van der Waals surface area (Å²) >= 11 is 5.67. The second-order valence-electron chi connectivity index (χ2n) is 6.67. The molecule has 0 aliphatic heterocycles. The van der Waals surface area contributed by atoms with E-state index in [0.29, 0.717) is 5.88 Å². The number of sulfonamides is 1. The molecule has 0 saturated heterocycles. The van der Waals surface area contributed by atoms with Crippen LogP contribution in [0.4, 0.5) is 0 Å². The molecule has 5 nitrogen and oxygen atoms in total. The summed E-state index contributed by atoms with van der Waals surface area (Å²) in [5.41, 5.74) is 0.646. The van der Waals surface area contributed by atoms with Crippen molar-refractivity contribution in [3.63, 3.8) is 0 Å². The van der Waals surface area contributed by atoms with Crippen molar-refractivity contribution < 1.29 is 13.2 Å². The molecule has 0 fully saturated rings. The molecule has 0 heterocycles. The first kappa shape index (κ1) is 20.9. The molecule has 0 bridgehead atoms. The highest BCUT2D eigenvalue weighted by molar-refractivity contribution is 7.89. The van der Waals surface area contributed by atoms with Gasteiger partial charge in [-0.2, -0.15) is 4.31 Å². The van der Waals surface area contributed by atoms with E-state index in [1.54, 1.807) is 31.2 Å². The summed E-state index contributed by atoms with van der Waals surface area (Å²) in [6.07, 6.45) is 1.66. The minimum atomic E-state index is -3.69. The average Bonchev–Trinajstić information content (AvgIpc) is 2.49. The molecule has 0 unspecified atom stereocenters. The number of rotatable bonds is 8. The third kappa shape index (κ3) is 6.42. The van der Waals surface area contributed by atoms with Gasteiger partial charge in [-0.25, -0.2) is 8.42 Å². The molecule has 7 heteroatoms. The van der Waals surface area contributed by atoms with Crippen LogP contribution in [0.2, 0.25) is 0 Å². The van der Waals surface area contributed by atoms with E-state index in [-0.39, 0.29) is 23.9 Å². The van der Waals surface area contributed by atoms with Gasteiger partial charge in [0.2, 0.25) is 15.9 Å². The second-order valence-corrected chi connectivity index (χ2v) is 8.98. The fourth-order valence-electron chi connectivity index (χ4n) is 2.23. The van der Waals surface area contributed by atoms with Crippen molar-refractivity contribution in [2.24, 2.45) is 0 Å². The SMILES string of the molecule is CCN(CC(=O)NC(C)(C)C)S(=O)(=O)c1ccc(CCCCl)cc1. The Labute approximate surface area is 150 Å². The van der Waals surface area contributed by atoms with Crippen LogP contribution in [0.15, 0.2) is 29.2 Å². The summed E-state index contributed by atoms with van der Waals surface area (Å²) in [6, 6.07) is 6.76. The number of hydrogen-bond acceptors (Lipinski definition) is 3. The van der Waals surface area contributed by atoms with Crippen molar-refractivity contribution in [2.75, 3.05) is 19.0 Å². The number of benzene rings is 1. The minimum Gasteiger partial charge on any atom is -0.350 e. The van der Waals surface area contributed by atoms with Crippen LogP contribution in [-0.4, -0.2) is 43.1 Å². The summed E-state index contributed by atoms with van der Waals surface area (Å²) in [4.78, 5) is 12.2. The Hall–Kier alpha value is -1.11. The molecule has 1 rings (SSSR count). The number of carbonyl (C=O) groups excluding carboxylic acids is 1. The molecule has 1 amide bonds. The van der Waals surface area contributed by atoms with Crippen molar-refractivity contribution >= 4 is 27.5 Å². The first-order valence-corrected chi connectivity index (χ1v) is 10.0. The predicted octanol–water partition coefficient (Wildman–Crippen LogP) is 2.78. The van der Waals surface area contributed by atoms with E-state index in [1.807, 2.05) is 20.8 Å². The van der Waals surface area contributed by atoms with Crippen molar-refractivity contribution in [1.82, 2.24) is 9.62 Å². The fraction of sp³-hybridized carbons (Fsp3) is 0.588. The molecular formula is C17H27ClN2O3S. The van der Waals surface area contributed by atoms with Crippen molar-refractivity contribution in [1.29, 1.82) is 0 Å². The van der Waals surface area contributed by atoms with Gasteiger partial charge in [-0.15, -0.1) is 11.6 Å². The van der Waals surface area contributed by atoms with Gasteiger partial charge >= 0.3 is 0 Å². The number of likely N-dealkylation sites (N-methyl/N-ethyl adjacent to an activating group) is 1. The first-order valence-electron chi connectivity index (χ1n) is 8.06. The quantitative estimate of drug-likeness (QED) is 0.711. The molecule has 1 aromatic rings. The molecule has 24 heavy (non-hydrogen) atoms. The van der Waals surface area contributed by atoms with E-state index in [1.165, 1.54) is 4.31 Å². The second kappa shape index (κ2) is 8.83. The Morgan fingerprint density at radius 3 is 2.25 bits per heavy atom. The zero-order valence-corrected chi connectivity index (χ0v) is 16.4. The lowest BCUT2D eigenvalue weighted by Crippen LogP contribution is -2.47. The van der Waals surface area contributed by atoms with Gasteiger partial charge in [0.15, 0.2) is 0 Å². The number of hydrogen-bond donors (Lipinski definition) is 1. The molecule has 136 valence electrons. The average molecular weight is 375 g/mol. The van der Waals surface area contributed by atoms with Crippen LogP contribution in [0.5, 0.6) is 0 Å². The van der Waals surface area contributed by atoms with Gasteiger partial charge in [-0.1, -0.05) is 19.1 Å². The van der Waals surface area contributed by atoms with E-state index < -0.39 is 15.6 Å². The summed E-state index contributed by atoms with van der Waals surface area (Å²) in [7, 11) is -3.69. The maximum Gasteiger partial charge on any atom is 0.243 e. The number of alkyl halides is 1. The number of aryl methyl sites for hydroxylation is 1. The van der Waals surface area contributed by atoms with Crippen LogP contribution in [0.25, 0.3) is 0 Å². The van der Waals surface area contributed by atoms with Gasteiger partial charge in [0.1, 0.15) is 0 Å². The highest BCUT2D eigenvalue weighted by Gasteiger charge is 2.26. The Bertz CT molecular complexity index is 637. The Kier molecular flexibility index (Phi) is 7.70. The van der Waals surface area contributed by atoms with Crippen molar-refractivity contribution in [2.45, 2.75) is 51.0 Å². The molecule has 0 saturated carbocycles. The Balaban J connectivity index is 2.88. The van der Waals surface area contributed by atoms with Gasteiger partial charge in [-0.3, -0.25) is 4.79 Å². The molecule has 0 aliphatic carbocycles. The zero-order chi connectivity index (χ0) is 18.4.